The number of anilines is 3. The van der Waals surface area contributed by atoms with Crippen LogP contribution in [-0.4, -0.2) is 173 Å². The van der Waals surface area contributed by atoms with Gasteiger partial charge in [0.2, 0.25) is 11.1 Å². The second-order valence-electron chi connectivity index (χ2n) is 28.0. The van der Waals surface area contributed by atoms with Crippen LogP contribution in [0.1, 0.15) is 135 Å². The van der Waals surface area contributed by atoms with Gasteiger partial charge in [-0.1, -0.05) is 72.3 Å². The summed E-state index contributed by atoms with van der Waals surface area (Å²) in [5, 5.41) is 34.1. The first kappa shape index (κ1) is 114. The van der Waals surface area contributed by atoms with Crippen molar-refractivity contribution in [1.29, 1.82) is 0 Å². The molecule has 0 aliphatic carbocycles. The molecule has 0 aliphatic rings. The zero-order valence-corrected chi connectivity index (χ0v) is 85.6. The van der Waals surface area contributed by atoms with Crippen molar-refractivity contribution in [1.82, 2.24) is 14.1 Å². The lowest BCUT2D eigenvalue weighted by atomic mass is 10.1. The first-order chi connectivity index (χ1) is 67.8. The molecule has 34 nitrogen and oxygen atoms in total. The lowest BCUT2D eigenvalue weighted by molar-refractivity contribution is -0.146. The number of nitrogen functional groups attached to an aromatic ring is 1. The number of nitrogens with zero attached hydrogens (tertiary/aromatic N) is 3. The fraction of sp³-hybridized carbons (Fsp3) is 0.255. The van der Waals surface area contributed by atoms with Crippen LogP contribution in [0.2, 0.25) is 5.02 Å². The van der Waals surface area contributed by atoms with Gasteiger partial charge in [0.25, 0.3) is 16.7 Å². The fourth-order valence-electron chi connectivity index (χ4n) is 12.3. The number of hydrogen-bond donors (Lipinski definition) is 5. The summed E-state index contributed by atoms with van der Waals surface area (Å²) >= 11 is 24.2. The summed E-state index contributed by atoms with van der Waals surface area (Å²) in [5.41, 5.74) is 11.2. The summed E-state index contributed by atoms with van der Waals surface area (Å²) in [5.74, 6) is -1.45. The largest absolute Gasteiger partial charge is 0.505 e. The van der Waals surface area contributed by atoms with E-state index in [9.17, 15) is 72.5 Å². The van der Waals surface area contributed by atoms with Gasteiger partial charge in [-0.15, -0.1) is 79.6 Å². The van der Waals surface area contributed by atoms with Gasteiger partial charge in [-0.2, -0.15) is 0 Å². The van der Waals surface area contributed by atoms with Gasteiger partial charge >= 0.3 is 47.8 Å². The Hall–Kier alpha value is -14.1. The van der Waals surface area contributed by atoms with Crippen LogP contribution in [0.3, 0.4) is 0 Å². The Morgan fingerprint density at radius 1 is 0.411 bits per heavy atom. The maximum absolute atomic E-state index is 12.8. The van der Waals surface area contributed by atoms with E-state index in [2.05, 4.69) is 19.8 Å². The van der Waals surface area contributed by atoms with Crippen molar-refractivity contribution < 1.29 is 120 Å². The minimum Gasteiger partial charge on any atom is -0.505 e. The molecule has 0 fully saturated rings. The van der Waals surface area contributed by atoms with Crippen LogP contribution >= 0.6 is 103 Å². The Morgan fingerprint density at radius 2 is 0.773 bits per heavy atom. The van der Waals surface area contributed by atoms with Crippen LogP contribution in [-0.2, 0) is 89.1 Å². The molecule has 0 spiro atoms. The Kier molecular flexibility index (Phi) is 47.4. The average molecular weight is 2110 g/mol. The standard InChI is InChI=1S/C19H21NO6S.2C18H17NO5S.C14H15NO3S.C10H8ClNO3S.C8H9ClO.C6H7NO2S.C5H7ClO3/c1-4-26-17(22)11-16(21)20(12-13-5-7-14(24-2)8-6-13)15-9-10-27-18(15)19(23)25-3;2*1-3-24-18(22)14-15(20)16-13(8-9-25-16)19(17(14)21)10-11-4-6-12(23-2)7-5-11;1-17-11-5-3-10(4-6-11)9-15-12-7-8-19-13(12)14(16)18-2;1-2-15-10(14)6-7(11)8-5(3-4-16-8)12-9(6)13;1-10-8-4-2-7(6-9)3-5-8;1-9-6(8)5-4(7)2-3-10-5;1-2-9-5(8)3-4(6)7/h5-10H,4,11-12H2,1-3H3;2*4-9,20H,3,10H2,1-2H3;3-8,15H,9H2,1-2H3;3-4H,2H2,1H3,(H,12,13);2-5H,6H2,1H3;2-3H,7H2,1H3;2-3H2,1H3. The van der Waals surface area contributed by atoms with E-state index in [4.69, 9.17) is 92.6 Å². The zero-order chi connectivity index (χ0) is 103. The zero-order valence-electron chi connectivity index (χ0n) is 78.5. The molecular weight excluding hydrogens is 2010 g/mol. The van der Waals surface area contributed by atoms with E-state index >= 15 is 0 Å². The number of halogens is 3. The number of rotatable bonds is 31. The number of pyridine rings is 3. The van der Waals surface area contributed by atoms with E-state index < -0.39 is 70.1 Å². The second kappa shape index (κ2) is 58.7. The number of esters is 8. The number of fused-ring (bicyclic) bond motifs is 3. The van der Waals surface area contributed by atoms with E-state index in [1.807, 2.05) is 96.4 Å². The number of benzene rings is 5. The van der Waals surface area contributed by atoms with Gasteiger partial charge in [0.05, 0.1) is 162 Å². The Labute approximate surface area is 848 Å². The van der Waals surface area contributed by atoms with Crippen LogP contribution in [0.15, 0.2) is 204 Å². The monoisotopic (exact) mass is 2110 g/mol. The van der Waals surface area contributed by atoms with E-state index in [1.54, 1.807) is 164 Å². The number of nitrogens with one attached hydrogen (secondary N) is 2. The molecule has 748 valence electrons. The lowest BCUT2D eigenvalue weighted by Gasteiger charge is -2.23. The third-order valence-corrected chi connectivity index (χ3v) is 25.4. The summed E-state index contributed by atoms with van der Waals surface area (Å²) in [6.07, 6.45) is -0.754. The first-order valence-corrected chi connectivity index (χ1v) is 48.8. The molecule has 0 unspecified atom stereocenters. The van der Waals surface area contributed by atoms with Gasteiger partial charge in [-0.05, 0) is 203 Å². The van der Waals surface area contributed by atoms with Crippen LogP contribution in [0.5, 0.6) is 40.2 Å². The minimum atomic E-state index is -0.816. The number of amides is 1. The first-order valence-electron chi connectivity index (χ1n) is 42.2. The van der Waals surface area contributed by atoms with E-state index in [-0.39, 0.29) is 104 Å². The summed E-state index contributed by atoms with van der Waals surface area (Å²) < 4.78 is 68.0. The van der Waals surface area contributed by atoms with Crippen LogP contribution in [0.4, 0.5) is 17.1 Å². The molecule has 0 saturated carbocycles. The average Bonchev–Trinajstić information content (AvgIpc) is 1.67. The number of carbonyl (C=O) groups is 10. The summed E-state index contributed by atoms with van der Waals surface area (Å²) in [6, 6.07) is 47.7. The predicted octanol–water partition coefficient (Wildman–Crippen LogP) is 18.9. The van der Waals surface area contributed by atoms with Gasteiger partial charge in [0.1, 0.15) is 61.8 Å². The van der Waals surface area contributed by atoms with Crippen molar-refractivity contribution in [3.05, 3.63) is 285 Å². The predicted molar refractivity (Wildman–Crippen MR) is 547 cm³/mol. The number of ether oxygens (including phenoxy) is 13. The number of aromatic amines is 1. The van der Waals surface area contributed by atoms with Gasteiger partial charge in [-0.3, -0.25) is 33.6 Å². The molecule has 5 aromatic carbocycles. The number of nitrogens with two attached hydrogens (primary N) is 1. The number of aromatic hydroxyl groups is 2. The van der Waals surface area contributed by atoms with E-state index in [0.29, 0.717) is 74.8 Å². The second-order valence-corrected chi connectivity index (χ2v) is 34.5. The Bertz CT molecular complexity index is 6520. The van der Waals surface area contributed by atoms with Gasteiger partial charge in [0.15, 0.2) is 22.6 Å². The highest BCUT2D eigenvalue weighted by molar-refractivity contribution is 7.18. The Balaban J connectivity index is 0.000000225. The molecule has 1 amide bonds. The summed E-state index contributed by atoms with van der Waals surface area (Å²) in [7, 11) is 12.0. The van der Waals surface area contributed by atoms with Gasteiger partial charge in [0, 0.05) is 12.4 Å². The molecule has 0 bridgehead atoms. The lowest BCUT2D eigenvalue weighted by Crippen LogP contribution is -2.33. The molecule has 43 heteroatoms. The van der Waals surface area contributed by atoms with Crippen LogP contribution in [0.25, 0.3) is 30.6 Å². The number of hydrogen-bond acceptors (Lipinski definition) is 36. The van der Waals surface area contributed by atoms with Crippen LogP contribution in [0, 0.1) is 0 Å². The number of methoxy groups -OCH3 is 8. The van der Waals surface area contributed by atoms with Crippen molar-refractivity contribution in [2.45, 2.75) is 79.5 Å². The molecular formula is C98H101Cl3N6O28S6. The van der Waals surface area contributed by atoms with Gasteiger partial charge < -0.3 is 102 Å². The highest BCUT2D eigenvalue weighted by atomic mass is 35.5. The topological polar surface area (TPSA) is 449 Å². The summed E-state index contributed by atoms with van der Waals surface area (Å²) in [4.78, 5) is 158. The molecule has 14 rings (SSSR count). The maximum atomic E-state index is 12.8. The normalized spacial score (nSPS) is 10.2. The number of carbonyl (C=O) groups excluding carboxylic acids is 10. The highest BCUT2D eigenvalue weighted by Gasteiger charge is 2.30. The Morgan fingerprint density at radius 3 is 1.18 bits per heavy atom. The smallest absolute Gasteiger partial charge is 0.350 e. The number of aromatic nitrogens is 3. The third kappa shape index (κ3) is 33.0. The number of H-pyrrole nitrogens is 1. The van der Waals surface area contributed by atoms with E-state index in [0.717, 1.165) is 56.5 Å². The summed E-state index contributed by atoms with van der Waals surface area (Å²) in [6.45, 7) is 10.6. The fourth-order valence-corrected chi connectivity index (χ4v) is 17.8. The molecule has 9 aromatic heterocycles. The maximum Gasteiger partial charge on any atom is 0.350 e. The van der Waals surface area contributed by atoms with Crippen molar-refractivity contribution in [3.8, 4) is 40.2 Å². The number of alkyl halides is 1. The molecule has 6 N–H and O–H groups in total. The molecule has 0 atom stereocenters. The highest BCUT2D eigenvalue weighted by Crippen LogP contribution is 2.36. The molecule has 0 saturated heterocycles. The van der Waals surface area contributed by atoms with Crippen molar-refractivity contribution in [2.75, 3.05) is 106 Å². The number of thiophene rings is 6. The minimum absolute atomic E-state index is 0.124. The molecule has 141 heavy (non-hydrogen) atoms. The molecule has 0 radical (unpaired) electrons. The quantitative estimate of drug-likeness (QED) is 0.00885. The molecule has 9 heterocycles. The van der Waals surface area contributed by atoms with E-state index in [1.165, 1.54) is 103 Å². The van der Waals surface area contributed by atoms with Crippen molar-refractivity contribution in [2.24, 2.45) is 0 Å². The van der Waals surface area contributed by atoms with Crippen molar-refractivity contribution >= 4 is 209 Å². The van der Waals surface area contributed by atoms with Gasteiger partial charge in [-0.25, -0.2) is 28.8 Å². The third-order valence-electron chi connectivity index (χ3n) is 19.0. The van der Waals surface area contributed by atoms with Crippen LogP contribution < -0.4 is 56.3 Å². The molecule has 14 aromatic rings. The SMILES string of the molecule is CCOC(=O)CC(=O)Cl.CCOC(=O)CC(=O)N(Cc1ccc(OC)cc1)c1ccsc1C(=O)OC.CCOC(=O)c1c(Cl)c2sccc2[nH]c1=O.CCOC(=O)c1c(O)c2sccc2n(Cc2ccc(OC)cc2)c1=O.CCOC(=O)c1c(O)c2sccc2n(Cc2ccc(OC)cc2)c1=O.COC(=O)c1sccc1N.COC(=O)c1sccc1NCc1ccc(OC)cc1.COc1ccc(CCl)cc1. The molecule has 0 aliphatic heterocycles. The van der Waals surface area contributed by atoms with Crippen molar-refractivity contribution in [3.63, 3.8) is 0 Å².